The molecule has 3 atom stereocenters. The van der Waals surface area contributed by atoms with Gasteiger partial charge in [0.05, 0.1) is 6.20 Å². The Morgan fingerprint density at radius 1 is 0.485 bits per heavy atom. The smallest absolute Gasteiger partial charge is 0.297 e. The van der Waals surface area contributed by atoms with Crippen LogP contribution in [0.3, 0.4) is 0 Å². The summed E-state index contributed by atoms with van der Waals surface area (Å²) in [6.45, 7) is 35.3. The van der Waals surface area contributed by atoms with E-state index in [4.69, 9.17) is 4.42 Å². The Morgan fingerprint density at radius 3 is 1.32 bits per heavy atom. The lowest BCUT2D eigenvalue weighted by Crippen LogP contribution is -2.46. The third-order valence-corrected chi connectivity index (χ3v) is 21.2. The van der Waals surface area contributed by atoms with E-state index < -0.39 is 0 Å². The Kier molecular flexibility index (Phi) is 27.9. The average molecular weight is 1370 g/mol. The van der Waals surface area contributed by atoms with Gasteiger partial charge in [0.2, 0.25) is 11.1 Å². The number of hydrogen-bond donors (Lipinski definition) is 4. The van der Waals surface area contributed by atoms with E-state index in [2.05, 4.69) is 216 Å². The molecule has 3 aliphatic heterocycles. The summed E-state index contributed by atoms with van der Waals surface area (Å²) in [6.07, 6.45) is 22.2. The predicted octanol–water partition coefficient (Wildman–Crippen LogP) is 15.7. The van der Waals surface area contributed by atoms with Gasteiger partial charge in [0.15, 0.2) is 33.9 Å². The number of nitrogens with zero attached hydrogens (tertiary/aromatic N) is 11. The van der Waals surface area contributed by atoms with E-state index in [0.29, 0.717) is 71.5 Å². The second-order valence-electron chi connectivity index (χ2n) is 29.5. The molecule has 0 amide bonds. The Balaban J connectivity index is 0.000000161. The van der Waals surface area contributed by atoms with E-state index in [1.807, 2.05) is 12.1 Å². The fourth-order valence-electron chi connectivity index (χ4n) is 14.4. The molecule has 3 aliphatic rings. The minimum atomic E-state index is 0.0620. The van der Waals surface area contributed by atoms with Crippen LogP contribution in [0.1, 0.15) is 187 Å². The lowest BCUT2D eigenvalue weighted by atomic mass is 9.87. The van der Waals surface area contributed by atoms with E-state index in [1.54, 1.807) is 6.20 Å². The van der Waals surface area contributed by atoms with Crippen molar-refractivity contribution in [2.24, 2.45) is 35.5 Å². The van der Waals surface area contributed by atoms with E-state index in [0.717, 1.165) is 178 Å². The SMILES string of the molecule is CCCN1CCN(c2n[nH]c(C(=O)CC(CCC(C)C)Cc3c[nH]c4ccccc34)n2)CC1.CCCN1CCN(c2ncc(C(=O)CC(CCC(C)C)Cc3c[nH]c4ccccc34)o2)CC1.CCCN1CCN(c2nnc(C(=O)CC(CCC(C)C)Cc3c[nH]c4ccccc34)s2)CC1. The number of para-hydroxylation sites is 3. The van der Waals surface area contributed by atoms with Gasteiger partial charge in [-0.3, -0.25) is 34.2 Å². The van der Waals surface area contributed by atoms with Crippen LogP contribution < -0.4 is 14.7 Å². The number of rotatable bonds is 33. The predicted molar refractivity (Wildman–Crippen MR) is 405 cm³/mol. The van der Waals surface area contributed by atoms with Crippen LogP contribution in [0.2, 0.25) is 0 Å². The van der Waals surface area contributed by atoms with E-state index in [-0.39, 0.29) is 29.2 Å². The molecule has 0 spiro atoms. The van der Waals surface area contributed by atoms with Gasteiger partial charge in [-0.15, -0.1) is 15.3 Å². The summed E-state index contributed by atoms with van der Waals surface area (Å²) < 4.78 is 5.95. The molecule has 534 valence electrons. The van der Waals surface area contributed by atoms with Crippen LogP contribution >= 0.6 is 11.3 Å². The molecule has 3 aromatic carbocycles. The number of H-pyrrole nitrogens is 4. The van der Waals surface area contributed by atoms with Crippen LogP contribution in [-0.4, -0.2) is 176 Å². The van der Waals surface area contributed by atoms with E-state index in [9.17, 15) is 14.4 Å². The van der Waals surface area contributed by atoms with Gasteiger partial charge >= 0.3 is 0 Å². The number of aromatic amines is 4. The molecule has 19 nitrogen and oxygen atoms in total. The molecule has 0 saturated carbocycles. The summed E-state index contributed by atoms with van der Waals surface area (Å²) in [4.78, 5) is 72.7. The maximum Gasteiger partial charge on any atom is 0.297 e. The normalized spacial score (nSPS) is 16.1. The first-order chi connectivity index (χ1) is 48.1. The van der Waals surface area contributed by atoms with Gasteiger partial charge in [-0.25, -0.2) is 4.98 Å². The third-order valence-electron chi connectivity index (χ3n) is 20.1. The number of Topliss-reactive ketones (excluding diaryl/α,β-unsaturated/α-hetero) is 3. The third kappa shape index (κ3) is 21.5. The number of oxazole rings is 1. The number of piperazine rings is 3. The minimum absolute atomic E-state index is 0.0620. The number of carbonyl (C=O) groups excluding carboxylic acids is 3. The Labute approximate surface area is 592 Å². The van der Waals surface area contributed by atoms with Crippen LogP contribution in [0, 0.1) is 35.5 Å². The van der Waals surface area contributed by atoms with Crippen molar-refractivity contribution in [3.8, 4) is 0 Å². The Bertz CT molecular complexity index is 3490. The van der Waals surface area contributed by atoms with Crippen LogP contribution in [-0.2, 0) is 19.3 Å². The van der Waals surface area contributed by atoms with Gasteiger partial charge < -0.3 is 34.1 Å². The molecular formula is C79H113N15O4S. The number of fused-ring (bicyclic) bond motifs is 3. The summed E-state index contributed by atoms with van der Waals surface area (Å²) in [7, 11) is 0. The monoisotopic (exact) mass is 1370 g/mol. The summed E-state index contributed by atoms with van der Waals surface area (Å²) in [6, 6.07) is 25.8. The quantitative estimate of drug-likeness (QED) is 0.0282. The first-order valence-corrected chi connectivity index (χ1v) is 38.3. The van der Waals surface area contributed by atoms with Gasteiger partial charge in [-0.2, -0.15) is 4.98 Å². The average Bonchev–Trinajstić information content (AvgIpc) is 1.72. The number of aromatic nitrogens is 9. The van der Waals surface area contributed by atoms with Crippen molar-refractivity contribution in [3.05, 3.63) is 131 Å². The molecule has 3 unspecified atom stereocenters. The maximum absolute atomic E-state index is 13.2. The van der Waals surface area contributed by atoms with Crippen molar-refractivity contribution in [2.45, 2.75) is 159 Å². The number of nitrogens with one attached hydrogen (secondary N) is 4. The van der Waals surface area contributed by atoms with Crippen LogP contribution in [0.5, 0.6) is 0 Å². The van der Waals surface area contributed by atoms with Crippen molar-refractivity contribution in [3.63, 3.8) is 0 Å². The molecule has 3 saturated heterocycles. The lowest BCUT2D eigenvalue weighted by molar-refractivity contribution is 0.0926. The molecule has 9 heterocycles. The Hall–Kier alpha value is -7.52. The molecule has 12 rings (SSSR count). The zero-order chi connectivity index (χ0) is 69.6. The summed E-state index contributed by atoms with van der Waals surface area (Å²) in [5.41, 5.74) is 7.34. The van der Waals surface area contributed by atoms with Crippen LogP contribution in [0.4, 0.5) is 17.1 Å². The van der Waals surface area contributed by atoms with Crippen molar-refractivity contribution < 1.29 is 18.8 Å². The highest BCUT2D eigenvalue weighted by molar-refractivity contribution is 7.17. The van der Waals surface area contributed by atoms with Gasteiger partial charge in [0, 0.05) is 149 Å². The van der Waals surface area contributed by atoms with Crippen molar-refractivity contribution in [1.82, 2.24) is 60.0 Å². The molecule has 0 bridgehead atoms. The number of hydrogen-bond acceptors (Lipinski definition) is 16. The lowest BCUT2D eigenvalue weighted by Gasteiger charge is -2.34. The molecule has 99 heavy (non-hydrogen) atoms. The second-order valence-corrected chi connectivity index (χ2v) is 30.4. The zero-order valence-corrected chi connectivity index (χ0v) is 61.7. The van der Waals surface area contributed by atoms with Gasteiger partial charge in [0.1, 0.15) is 0 Å². The molecule has 6 aromatic heterocycles. The topological polar surface area (TPSA) is 211 Å². The highest BCUT2D eigenvalue weighted by Crippen LogP contribution is 2.32. The molecule has 9 aromatic rings. The number of carbonyl (C=O) groups is 3. The summed E-state index contributed by atoms with van der Waals surface area (Å²) in [5.74, 6) is 4.46. The van der Waals surface area contributed by atoms with Crippen molar-refractivity contribution >= 4 is 78.5 Å². The zero-order valence-electron chi connectivity index (χ0n) is 60.9. The van der Waals surface area contributed by atoms with Crippen LogP contribution in [0.15, 0.2) is 102 Å². The fraction of sp³-hybridized carbons (Fsp3) is 0.570. The molecule has 0 radical (unpaired) electrons. The largest absolute Gasteiger partial charge is 0.420 e. The Morgan fingerprint density at radius 2 is 0.889 bits per heavy atom. The van der Waals surface area contributed by atoms with Gasteiger partial charge in [-0.05, 0) is 148 Å². The first kappa shape index (κ1) is 74.2. The fourth-order valence-corrected chi connectivity index (χ4v) is 15.2. The number of ketones is 3. The minimum Gasteiger partial charge on any atom is -0.420 e. The van der Waals surface area contributed by atoms with Gasteiger partial charge in [-0.1, -0.05) is 148 Å². The van der Waals surface area contributed by atoms with E-state index in [1.165, 1.54) is 63.4 Å². The van der Waals surface area contributed by atoms with Crippen molar-refractivity contribution in [1.29, 1.82) is 0 Å². The molecule has 0 aliphatic carbocycles. The van der Waals surface area contributed by atoms with E-state index >= 15 is 0 Å². The summed E-state index contributed by atoms with van der Waals surface area (Å²) in [5, 5.41) is 21.2. The van der Waals surface area contributed by atoms with Crippen LogP contribution in [0.25, 0.3) is 32.7 Å². The van der Waals surface area contributed by atoms with Crippen molar-refractivity contribution in [2.75, 3.05) is 113 Å². The molecular weight excluding hydrogens is 1260 g/mol. The second kappa shape index (κ2) is 37.2. The standard InChI is InChI=1S/C27H38N4O2.C26H38N6O.C26H37N5OS/c1-4-11-30-12-14-31(15-13-30)27-29-19-26(33-27)25(32)17-21(10-9-20(2)3)16-22-18-28-24-8-6-5-7-23(22)24;1-4-11-31-12-14-32(15-13-31)26-28-25(29-30-26)24(33)17-20(10-9-19(2)3)16-21-18-27-23-8-6-5-7-22(21)23;1-4-11-30-12-14-31(15-13-30)26-29-28-25(33-26)24(32)17-20(10-9-19(2)3)16-21-18-27-23-8-6-5-7-22(21)23/h5-8,18-21,28H,4,9-17H2,1-3H3;5-8,18-20,27H,4,9-17H2,1-3H3,(H,28,29,30);5-8,18-20,27H,4,9-17H2,1-3H3. The molecule has 20 heteroatoms. The molecule has 3 fully saturated rings. The number of benzene rings is 3. The number of anilines is 3. The highest BCUT2D eigenvalue weighted by Gasteiger charge is 2.29. The molecule has 4 N–H and O–H groups in total. The first-order valence-electron chi connectivity index (χ1n) is 37.5. The highest BCUT2D eigenvalue weighted by atomic mass is 32.1. The summed E-state index contributed by atoms with van der Waals surface area (Å²) >= 11 is 1.47. The maximum atomic E-state index is 13.2. The van der Waals surface area contributed by atoms with Gasteiger partial charge in [0.25, 0.3) is 6.01 Å².